The SMILES string of the molecule is CCCCCCCC=C=CCCCCCCCC(=O)O[C@@H](COC(=O)CCC/C=C/C/C=C/C/C=C/CCCCCCCC)CO[C@H]1O[C@@H](CO)[C@@H](O)C(O)C1O. The van der Waals surface area contributed by atoms with E-state index in [2.05, 4.69) is 68.2 Å². The van der Waals surface area contributed by atoms with Gasteiger partial charge in [-0.3, -0.25) is 9.59 Å². The smallest absolute Gasteiger partial charge is 0.306 e. The molecule has 0 aliphatic carbocycles. The first-order valence-corrected chi connectivity index (χ1v) is 22.5. The van der Waals surface area contributed by atoms with E-state index >= 15 is 0 Å². The number of allylic oxidation sites excluding steroid dienone is 7. The lowest BCUT2D eigenvalue weighted by atomic mass is 9.99. The molecule has 0 aromatic rings. The normalized spacial score (nSPS) is 20.3. The topological polar surface area (TPSA) is 152 Å². The maximum absolute atomic E-state index is 12.7. The summed E-state index contributed by atoms with van der Waals surface area (Å²) >= 11 is 0. The van der Waals surface area contributed by atoms with Crippen LogP contribution in [0.2, 0.25) is 0 Å². The highest BCUT2D eigenvalue weighted by Crippen LogP contribution is 2.22. The van der Waals surface area contributed by atoms with Crippen molar-refractivity contribution in [1.82, 2.24) is 0 Å². The van der Waals surface area contributed by atoms with Gasteiger partial charge in [0.05, 0.1) is 13.2 Å². The molecule has 1 heterocycles. The van der Waals surface area contributed by atoms with E-state index in [1.165, 1.54) is 70.6 Å². The van der Waals surface area contributed by atoms with Crippen molar-refractivity contribution in [2.75, 3.05) is 19.8 Å². The van der Waals surface area contributed by atoms with Crippen molar-refractivity contribution in [2.45, 2.75) is 211 Å². The van der Waals surface area contributed by atoms with Crippen LogP contribution in [0.25, 0.3) is 0 Å². The summed E-state index contributed by atoms with van der Waals surface area (Å²) < 4.78 is 22.1. The van der Waals surface area contributed by atoms with Crippen LogP contribution in [0.5, 0.6) is 0 Å². The second kappa shape index (κ2) is 37.7. The molecule has 1 saturated heterocycles. The number of aliphatic hydroxyl groups is 4. The molecule has 6 atom stereocenters. The van der Waals surface area contributed by atoms with Gasteiger partial charge >= 0.3 is 11.9 Å². The quantitative estimate of drug-likeness (QED) is 0.0209. The number of ether oxygens (including phenoxy) is 4. The van der Waals surface area contributed by atoms with Crippen LogP contribution < -0.4 is 0 Å². The number of rotatable bonds is 36. The highest BCUT2D eigenvalue weighted by Gasteiger charge is 2.44. The molecular formula is C47H80O10. The molecule has 57 heavy (non-hydrogen) atoms. The largest absolute Gasteiger partial charge is 0.462 e. The summed E-state index contributed by atoms with van der Waals surface area (Å²) in [5.74, 6) is -0.891. The molecule has 1 rings (SSSR count). The summed E-state index contributed by atoms with van der Waals surface area (Å²) in [6, 6.07) is 0. The highest BCUT2D eigenvalue weighted by molar-refractivity contribution is 5.70. The van der Waals surface area contributed by atoms with Crippen LogP contribution in [-0.2, 0) is 28.5 Å². The van der Waals surface area contributed by atoms with Gasteiger partial charge in [0.1, 0.15) is 31.0 Å². The van der Waals surface area contributed by atoms with Gasteiger partial charge in [-0.1, -0.05) is 127 Å². The zero-order valence-electron chi connectivity index (χ0n) is 35.6. The monoisotopic (exact) mass is 805 g/mol. The molecule has 4 N–H and O–H groups in total. The number of carbonyl (C=O) groups excluding carboxylic acids is 2. The van der Waals surface area contributed by atoms with Crippen molar-refractivity contribution in [3.8, 4) is 0 Å². The van der Waals surface area contributed by atoms with E-state index in [9.17, 15) is 30.0 Å². The number of aliphatic hydroxyl groups excluding tert-OH is 4. The van der Waals surface area contributed by atoms with Gasteiger partial charge in [-0.05, 0) is 82.8 Å². The van der Waals surface area contributed by atoms with E-state index in [4.69, 9.17) is 18.9 Å². The zero-order chi connectivity index (χ0) is 41.6. The molecular weight excluding hydrogens is 725 g/mol. The molecule has 0 aromatic heterocycles. The van der Waals surface area contributed by atoms with E-state index in [0.717, 1.165) is 64.2 Å². The summed E-state index contributed by atoms with van der Waals surface area (Å²) in [6.45, 7) is 3.32. The van der Waals surface area contributed by atoms with Gasteiger partial charge in [0, 0.05) is 12.8 Å². The van der Waals surface area contributed by atoms with Crippen LogP contribution in [0.3, 0.4) is 0 Å². The molecule has 10 nitrogen and oxygen atoms in total. The lowest BCUT2D eigenvalue weighted by Gasteiger charge is -2.39. The summed E-state index contributed by atoms with van der Waals surface area (Å²) in [7, 11) is 0. The Balaban J connectivity index is 2.40. The zero-order valence-corrected chi connectivity index (χ0v) is 35.6. The van der Waals surface area contributed by atoms with Crippen molar-refractivity contribution >= 4 is 11.9 Å². The van der Waals surface area contributed by atoms with Crippen LogP contribution in [0.15, 0.2) is 54.3 Å². The predicted octanol–water partition coefficient (Wildman–Crippen LogP) is 9.43. The third-order valence-electron chi connectivity index (χ3n) is 9.96. The minimum Gasteiger partial charge on any atom is -0.462 e. The Morgan fingerprint density at radius 1 is 0.596 bits per heavy atom. The van der Waals surface area contributed by atoms with Crippen LogP contribution in [0, 0.1) is 0 Å². The molecule has 0 spiro atoms. The Hall–Kier alpha value is -2.56. The summed E-state index contributed by atoms with van der Waals surface area (Å²) in [5, 5.41) is 40.0. The van der Waals surface area contributed by atoms with Crippen LogP contribution in [0.1, 0.15) is 174 Å². The number of hydrogen-bond donors (Lipinski definition) is 4. The first-order valence-electron chi connectivity index (χ1n) is 22.5. The lowest BCUT2D eigenvalue weighted by molar-refractivity contribution is -0.305. The maximum Gasteiger partial charge on any atom is 0.306 e. The van der Waals surface area contributed by atoms with E-state index in [1.807, 2.05) is 0 Å². The standard InChI is InChI=1S/C47H80O10/c1-3-5-7-9-11-13-15-17-19-20-22-23-25-27-29-31-33-35-42(49)54-38-40(39-55-47-46(53)45(52)44(51)41(37-48)57-47)56-43(50)36-34-32-30-28-26-24-21-18-16-14-12-10-8-6-4-2/h16-17,19,21-23,27,29,40-41,44-48,51-53H,3-15,20,24-26,28,30-39H2,1-2H3/b19-17+,23-22+,29-27+/t18?,40-,41-,44+,45?,46?,47-/m0/s1. The fourth-order valence-electron chi connectivity index (χ4n) is 6.36. The van der Waals surface area contributed by atoms with Gasteiger partial charge in [-0.15, -0.1) is 5.73 Å². The van der Waals surface area contributed by atoms with Crippen molar-refractivity contribution < 1.29 is 49.0 Å². The van der Waals surface area contributed by atoms with Gasteiger partial charge in [0.15, 0.2) is 12.4 Å². The summed E-state index contributed by atoms with van der Waals surface area (Å²) in [5.41, 5.74) is 3.29. The molecule has 0 saturated carbocycles. The van der Waals surface area contributed by atoms with Gasteiger partial charge in [0.2, 0.25) is 0 Å². The molecule has 1 aliphatic rings. The molecule has 328 valence electrons. The molecule has 2 unspecified atom stereocenters. The third kappa shape index (κ3) is 29.3. The number of carbonyl (C=O) groups is 2. The second-order valence-electron chi connectivity index (χ2n) is 15.2. The van der Waals surface area contributed by atoms with Crippen molar-refractivity contribution in [1.29, 1.82) is 0 Å². The third-order valence-corrected chi connectivity index (χ3v) is 9.96. The predicted molar refractivity (Wildman–Crippen MR) is 227 cm³/mol. The average Bonchev–Trinajstić information content (AvgIpc) is 3.21. The summed E-state index contributed by atoms with van der Waals surface area (Å²) in [6.07, 6.45) is 34.7. The Bertz CT molecular complexity index is 1130. The number of esters is 2. The van der Waals surface area contributed by atoms with E-state index in [1.54, 1.807) is 0 Å². The Kier molecular flexibility index (Phi) is 34.7. The van der Waals surface area contributed by atoms with Gasteiger partial charge in [-0.2, -0.15) is 0 Å². The molecule has 0 radical (unpaired) electrons. The molecule has 10 heteroatoms. The first kappa shape index (κ1) is 52.5. The lowest BCUT2D eigenvalue weighted by Crippen LogP contribution is -2.59. The Labute approximate surface area is 345 Å². The fraction of sp³-hybridized carbons (Fsp3) is 0.766. The minimum atomic E-state index is -1.61. The van der Waals surface area contributed by atoms with E-state index < -0.39 is 55.4 Å². The van der Waals surface area contributed by atoms with E-state index in [-0.39, 0.29) is 26.1 Å². The average molecular weight is 805 g/mol. The molecule has 0 aromatic carbocycles. The number of unbranched alkanes of at least 4 members (excludes halogenated alkanes) is 17. The van der Waals surface area contributed by atoms with Crippen LogP contribution in [-0.4, -0.2) is 89.0 Å². The Morgan fingerprint density at radius 3 is 1.70 bits per heavy atom. The minimum absolute atomic E-state index is 0.197. The van der Waals surface area contributed by atoms with Crippen LogP contribution >= 0.6 is 0 Å². The van der Waals surface area contributed by atoms with Crippen molar-refractivity contribution in [3.05, 3.63) is 54.3 Å². The van der Waals surface area contributed by atoms with E-state index in [0.29, 0.717) is 12.8 Å². The highest BCUT2D eigenvalue weighted by atomic mass is 16.7. The second-order valence-corrected chi connectivity index (χ2v) is 15.2. The van der Waals surface area contributed by atoms with Crippen LogP contribution in [0.4, 0.5) is 0 Å². The maximum atomic E-state index is 12.7. The summed E-state index contributed by atoms with van der Waals surface area (Å²) in [4.78, 5) is 25.3. The van der Waals surface area contributed by atoms with Gasteiger partial charge < -0.3 is 39.4 Å². The van der Waals surface area contributed by atoms with Gasteiger partial charge in [0.25, 0.3) is 0 Å². The number of hydrogen-bond acceptors (Lipinski definition) is 10. The molecule has 0 bridgehead atoms. The first-order chi connectivity index (χ1) is 27.8. The fourth-order valence-corrected chi connectivity index (χ4v) is 6.36. The van der Waals surface area contributed by atoms with Gasteiger partial charge in [-0.25, -0.2) is 0 Å². The Morgan fingerprint density at radius 2 is 1.11 bits per heavy atom. The van der Waals surface area contributed by atoms with Crippen molar-refractivity contribution in [3.63, 3.8) is 0 Å². The molecule has 0 amide bonds. The van der Waals surface area contributed by atoms with Crippen molar-refractivity contribution in [2.24, 2.45) is 0 Å². The molecule has 1 fully saturated rings. The molecule has 1 aliphatic heterocycles.